The fourth-order valence-electron chi connectivity index (χ4n) is 3.78. The summed E-state index contributed by atoms with van der Waals surface area (Å²) in [5, 5.41) is 12.3. The molecule has 2 aromatic carbocycles. The van der Waals surface area contributed by atoms with Crippen LogP contribution in [0.25, 0.3) is 11.4 Å². The lowest BCUT2D eigenvalue weighted by molar-refractivity contribution is -0.115. The lowest BCUT2D eigenvalue weighted by atomic mass is 10.1. The molecule has 0 bridgehead atoms. The van der Waals surface area contributed by atoms with E-state index in [2.05, 4.69) is 27.8 Å². The van der Waals surface area contributed by atoms with Gasteiger partial charge in [-0.1, -0.05) is 41.6 Å². The molecule has 0 aliphatic carbocycles. The SMILES string of the molecule is CCn1c(SCc2csc(N(C(C)=O)c3ccc(C)cc3C)n2)nnc1-c1ccccc1OC. The van der Waals surface area contributed by atoms with Crippen LogP contribution in [-0.4, -0.2) is 32.8 Å². The monoisotopic (exact) mass is 493 g/mol. The van der Waals surface area contributed by atoms with Crippen molar-refractivity contribution in [2.75, 3.05) is 12.0 Å². The zero-order valence-electron chi connectivity index (χ0n) is 19.9. The number of methoxy groups -OCH3 is 1. The molecule has 0 aliphatic rings. The molecule has 0 fully saturated rings. The summed E-state index contributed by atoms with van der Waals surface area (Å²) < 4.78 is 7.58. The van der Waals surface area contributed by atoms with Crippen molar-refractivity contribution in [3.63, 3.8) is 0 Å². The van der Waals surface area contributed by atoms with Crippen molar-refractivity contribution in [3.8, 4) is 17.1 Å². The number of para-hydroxylation sites is 1. The zero-order valence-corrected chi connectivity index (χ0v) is 21.5. The summed E-state index contributed by atoms with van der Waals surface area (Å²) in [4.78, 5) is 18.9. The fourth-order valence-corrected chi connectivity index (χ4v) is 5.66. The molecule has 4 rings (SSSR count). The van der Waals surface area contributed by atoms with Crippen LogP contribution in [0.1, 0.15) is 30.7 Å². The van der Waals surface area contributed by atoms with Gasteiger partial charge in [-0.2, -0.15) is 0 Å². The molecule has 176 valence electrons. The maximum atomic E-state index is 12.5. The third-order valence-corrected chi connectivity index (χ3v) is 7.24. The fraction of sp³-hybridized carbons (Fsp3) is 0.280. The van der Waals surface area contributed by atoms with Crippen LogP contribution in [-0.2, 0) is 17.1 Å². The molecule has 7 nitrogen and oxygen atoms in total. The third-order valence-electron chi connectivity index (χ3n) is 5.37. The molecule has 0 aliphatic heterocycles. The number of aromatic nitrogens is 4. The van der Waals surface area contributed by atoms with E-state index in [9.17, 15) is 4.79 Å². The minimum atomic E-state index is -0.0623. The predicted molar refractivity (Wildman–Crippen MR) is 138 cm³/mol. The van der Waals surface area contributed by atoms with E-state index in [0.29, 0.717) is 10.9 Å². The van der Waals surface area contributed by atoms with Crippen LogP contribution in [0.3, 0.4) is 0 Å². The quantitative estimate of drug-likeness (QED) is 0.279. The van der Waals surface area contributed by atoms with E-state index in [1.807, 2.05) is 55.6 Å². The number of benzene rings is 2. The number of hydrogen-bond donors (Lipinski definition) is 0. The van der Waals surface area contributed by atoms with Crippen LogP contribution >= 0.6 is 23.1 Å². The number of anilines is 2. The Labute approximate surface area is 207 Å². The molecule has 1 amide bonds. The van der Waals surface area contributed by atoms with E-state index in [1.54, 1.807) is 30.7 Å². The van der Waals surface area contributed by atoms with Gasteiger partial charge in [0, 0.05) is 24.6 Å². The number of thioether (sulfide) groups is 1. The van der Waals surface area contributed by atoms with Gasteiger partial charge in [-0.05, 0) is 44.5 Å². The second-order valence-corrected chi connectivity index (χ2v) is 9.58. The van der Waals surface area contributed by atoms with Crippen molar-refractivity contribution in [2.45, 2.75) is 45.1 Å². The number of ether oxygens (including phenoxy) is 1. The molecule has 0 spiro atoms. The van der Waals surface area contributed by atoms with E-state index < -0.39 is 0 Å². The van der Waals surface area contributed by atoms with Gasteiger partial charge in [0.25, 0.3) is 0 Å². The molecule has 4 aromatic rings. The molecule has 9 heteroatoms. The lowest BCUT2D eigenvalue weighted by Gasteiger charge is -2.20. The Bertz CT molecular complexity index is 1310. The Kier molecular flexibility index (Phi) is 7.33. The topological polar surface area (TPSA) is 73.1 Å². The number of amides is 1. The zero-order chi connectivity index (χ0) is 24.2. The molecule has 34 heavy (non-hydrogen) atoms. The van der Waals surface area contributed by atoms with E-state index in [0.717, 1.165) is 51.3 Å². The average molecular weight is 494 g/mol. The van der Waals surface area contributed by atoms with Gasteiger partial charge < -0.3 is 9.30 Å². The maximum absolute atomic E-state index is 12.5. The summed E-state index contributed by atoms with van der Waals surface area (Å²) in [6.07, 6.45) is 0. The third kappa shape index (κ3) is 4.85. The standard InChI is InChI=1S/C25H27N5O2S2/c1-6-29-23(20-9-7-8-10-22(20)32-5)27-28-25(29)34-15-19-14-33-24(26-19)30(18(4)31)21-12-11-16(2)13-17(21)3/h7-14H,6,15H2,1-5H3. The summed E-state index contributed by atoms with van der Waals surface area (Å²) in [5.41, 5.74) is 4.87. The van der Waals surface area contributed by atoms with Gasteiger partial charge in [0.1, 0.15) is 5.75 Å². The Morgan fingerprint density at radius 3 is 2.68 bits per heavy atom. The second-order valence-electron chi connectivity index (χ2n) is 7.81. The number of carbonyl (C=O) groups excluding carboxylic acids is 1. The lowest BCUT2D eigenvalue weighted by Crippen LogP contribution is -2.23. The molecule has 2 aromatic heterocycles. The van der Waals surface area contributed by atoms with Crippen molar-refractivity contribution in [1.29, 1.82) is 0 Å². The van der Waals surface area contributed by atoms with Gasteiger partial charge in [-0.25, -0.2) is 4.98 Å². The first-order chi connectivity index (χ1) is 16.4. The Morgan fingerprint density at radius 1 is 1.18 bits per heavy atom. The minimum Gasteiger partial charge on any atom is -0.496 e. The first-order valence-electron chi connectivity index (χ1n) is 10.9. The molecular formula is C25H27N5O2S2. The van der Waals surface area contributed by atoms with Crippen molar-refractivity contribution >= 4 is 39.8 Å². The molecule has 0 saturated carbocycles. The number of carbonyl (C=O) groups is 1. The van der Waals surface area contributed by atoms with Crippen molar-refractivity contribution in [2.24, 2.45) is 0 Å². The van der Waals surface area contributed by atoms with E-state index in [-0.39, 0.29) is 5.91 Å². The summed E-state index contributed by atoms with van der Waals surface area (Å²) in [6.45, 7) is 8.43. The Hall–Kier alpha value is -3.17. The van der Waals surface area contributed by atoms with E-state index in [1.165, 1.54) is 11.3 Å². The van der Waals surface area contributed by atoms with Gasteiger partial charge in [0.2, 0.25) is 5.91 Å². The van der Waals surface area contributed by atoms with Crippen LogP contribution < -0.4 is 9.64 Å². The first-order valence-corrected chi connectivity index (χ1v) is 12.8. The van der Waals surface area contributed by atoms with Gasteiger partial charge in [-0.15, -0.1) is 21.5 Å². The summed E-state index contributed by atoms with van der Waals surface area (Å²) >= 11 is 3.04. The van der Waals surface area contributed by atoms with Gasteiger partial charge >= 0.3 is 0 Å². The summed E-state index contributed by atoms with van der Waals surface area (Å²) in [7, 11) is 1.66. The number of aryl methyl sites for hydroxylation is 2. The number of thiazole rings is 1. The van der Waals surface area contributed by atoms with Crippen molar-refractivity contribution < 1.29 is 9.53 Å². The number of rotatable bonds is 8. The van der Waals surface area contributed by atoms with E-state index >= 15 is 0 Å². The summed E-state index contributed by atoms with van der Waals surface area (Å²) in [6, 6.07) is 13.9. The van der Waals surface area contributed by atoms with Crippen molar-refractivity contribution in [1.82, 2.24) is 19.7 Å². The highest BCUT2D eigenvalue weighted by atomic mass is 32.2. The molecule has 0 saturated heterocycles. The second kappa shape index (κ2) is 10.4. The number of hydrogen-bond acceptors (Lipinski definition) is 7. The summed E-state index contributed by atoms with van der Waals surface area (Å²) in [5.74, 6) is 2.10. The van der Waals surface area contributed by atoms with Crippen LogP contribution in [0.2, 0.25) is 0 Å². The molecule has 0 radical (unpaired) electrons. The highest BCUT2D eigenvalue weighted by Crippen LogP contribution is 2.34. The Morgan fingerprint density at radius 2 is 1.97 bits per heavy atom. The number of nitrogens with zero attached hydrogens (tertiary/aromatic N) is 5. The van der Waals surface area contributed by atoms with Gasteiger partial charge in [-0.3, -0.25) is 9.69 Å². The molecule has 2 heterocycles. The minimum absolute atomic E-state index is 0.0623. The predicted octanol–water partition coefficient (Wildman–Crippen LogP) is 6.02. The first kappa shape index (κ1) is 24.0. The highest BCUT2D eigenvalue weighted by molar-refractivity contribution is 7.98. The van der Waals surface area contributed by atoms with Gasteiger partial charge in [0.15, 0.2) is 16.1 Å². The van der Waals surface area contributed by atoms with Crippen LogP contribution in [0, 0.1) is 13.8 Å². The molecule has 0 N–H and O–H groups in total. The normalized spacial score (nSPS) is 11.0. The molecule has 0 unspecified atom stereocenters. The highest BCUT2D eigenvalue weighted by Gasteiger charge is 2.21. The van der Waals surface area contributed by atoms with E-state index in [4.69, 9.17) is 9.72 Å². The molecule has 0 atom stereocenters. The smallest absolute Gasteiger partial charge is 0.230 e. The van der Waals surface area contributed by atoms with Crippen LogP contribution in [0.15, 0.2) is 53.0 Å². The molecular weight excluding hydrogens is 466 g/mol. The van der Waals surface area contributed by atoms with Gasteiger partial charge in [0.05, 0.1) is 24.1 Å². The van der Waals surface area contributed by atoms with Crippen molar-refractivity contribution in [3.05, 3.63) is 64.7 Å². The average Bonchev–Trinajstić information content (AvgIpc) is 3.45. The Balaban J connectivity index is 1.55. The largest absolute Gasteiger partial charge is 0.496 e. The van der Waals surface area contributed by atoms with Crippen LogP contribution in [0.5, 0.6) is 5.75 Å². The van der Waals surface area contributed by atoms with Crippen LogP contribution in [0.4, 0.5) is 10.8 Å². The maximum Gasteiger partial charge on any atom is 0.230 e.